The van der Waals surface area contributed by atoms with Crippen molar-refractivity contribution in [1.82, 2.24) is 0 Å². The Bertz CT molecular complexity index is 281. The van der Waals surface area contributed by atoms with Gasteiger partial charge in [0.25, 0.3) is 0 Å². The number of ether oxygens (including phenoxy) is 1. The molecule has 0 amide bonds. The molecule has 0 N–H and O–H groups in total. The van der Waals surface area contributed by atoms with E-state index in [0.717, 1.165) is 11.8 Å². The molecule has 1 aromatic carbocycles. The molecule has 1 aromatic rings. The quantitative estimate of drug-likeness (QED) is 0.514. The van der Waals surface area contributed by atoms with Gasteiger partial charge in [0.1, 0.15) is 0 Å². The van der Waals surface area contributed by atoms with E-state index >= 15 is 0 Å². The summed E-state index contributed by atoms with van der Waals surface area (Å²) < 4.78 is 5.54. The molecule has 0 saturated carbocycles. The lowest BCUT2D eigenvalue weighted by Gasteiger charge is -2.15. The van der Waals surface area contributed by atoms with Crippen molar-refractivity contribution in [3.05, 3.63) is 35.4 Å². The summed E-state index contributed by atoms with van der Waals surface area (Å²) in [5.41, 5.74) is 2.61. The van der Waals surface area contributed by atoms with Gasteiger partial charge in [0, 0.05) is 12.4 Å². The van der Waals surface area contributed by atoms with E-state index in [1.807, 2.05) is 0 Å². The molecule has 16 heavy (non-hydrogen) atoms. The van der Waals surface area contributed by atoms with Crippen LogP contribution in [0, 0.1) is 0 Å². The van der Waals surface area contributed by atoms with E-state index in [0.29, 0.717) is 0 Å². The summed E-state index contributed by atoms with van der Waals surface area (Å²) in [6.07, 6.45) is 5.18. The molecule has 1 rings (SSSR count). The smallest absolute Gasteiger partial charge is 0.0821 e. The first-order chi connectivity index (χ1) is 7.81. The fourth-order valence-electron chi connectivity index (χ4n) is 1.82. The number of alkyl halides is 1. The van der Waals surface area contributed by atoms with Crippen molar-refractivity contribution in [3.8, 4) is 0 Å². The van der Waals surface area contributed by atoms with Crippen LogP contribution in [-0.4, -0.2) is 7.11 Å². The first-order valence-electron chi connectivity index (χ1n) is 5.99. The number of halogens is 1. The number of rotatable bonds is 7. The normalized spacial score (nSPS) is 12.7. The lowest BCUT2D eigenvalue weighted by molar-refractivity contribution is 0.0932. The van der Waals surface area contributed by atoms with E-state index in [1.54, 1.807) is 7.11 Å². The van der Waals surface area contributed by atoms with Crippen molar-refractivity contribution in [2.75, 3.05) is 7.11 Å². The predicted molar refractivity (Wildman–Crippen MR) is 73.0 cm³/mol. The molecular formula is C14H21BrO. The Morgan fingerprint density at radius 2 is 1.88 bits per heavy atom. The molecule has 0 aromatic heterocycles. The van der Waals surface area contributed by atoms with Crippen molar-refractivity contribution >= 4 is 15.9 Å². The molecule has 0 aliphatic heterocycles. The van der Waals surface area contributed by atoms with Gasteiger partial charge in [0.05, 0.1) is 6.10 Å². The summed E-state index contributed by atoms with van der Waals surface area (Å²) in [7, 11) is 1.80. The zero-order chi connectivity index (χ0) is 11.8. The number of unbranched alkanes of at least 4 members (excludes halogenated alkanes) is 2. The summed E-state index contributed by atoms with van der Waals surface area (Å²) in [5, 5.41) is 0.917. The molecule has 0 fully saturated rings. The van der Waals surface area contributed by atoms with E-state index < -0.39 is 0 Å². The summed E-state index contributed by atoms with van der Waals surface area (Å²) in [6, 6.07) is 8.68. The van der Waals surface area contributed by atoms with Crippen LogP contribution in [0.25, 0.3) is 0 Å². The van der Waals surface area contributed by atoms with Crippen LogP contribution in [0.3, 0.4) is 0 Å². The molecule has 0 saturated heterocycles. The summed E-state index contributed by atoms with van der Waals surface area (Å²) in [5.74, 6) is 0. The summed E-state index contributed by atoms with van der Waals surface area (Å²) in [4.78, 5) is 0. The highest BCUT2D eigenvalue weighted by molar-refractivity contribution is 9.08. The molecule has 0 aliphatic carbocycles. The Morgan fingerprint density at radius 1 is 1.19 bits per heavy atom. The van der Waals surface area contributed by atoms with Crippen LogP contribution in [0.4, 0.5) is 0 Å². The third-order valence-electron chi connectivity index (χ3n) is 2.86. The Labute approximate surface area is 107 Å². The van der Waals surface area contributed by atoms with Gasteiger partial charge in [-0.25, -0.2) is 0 Å². The molecule has 1 atom stereocenters. The van der Waals surface area contributed by atoms with Crippen LogP contribution in [0.15, 0.2) is 24.3 Å². The molecule has 0 radical (unpaired) electrons. The Morgan fingerprint density at radius 3 is 2.38 bits per heavy atom. The number of hydrogen-bond acceptors (Lipinski definition) is 1. The van der Waals surface area contributed by atoms with E-state index in [-0.39, 0.29) is 6.10 Å². The number of methoxy groups -OCH3 is 1. The van der Waals surface area contributed by atoms with Gasteiger partial charge in [-0.3, -0.25) is 0 Å². The average molecular weight is 285 g/mol. The third-order valence-corrected chi connectivity index (χ3v) is 3.51. The van der Waals surface area contributed by atoms with Crippen LogP contribution < -0.4 is 0 Å². The molecule has 0 aliphatic rings. The highest BCUT2D eigenvalue weighted by atomic mass is 79.9. The van der Waals surface area contributed by atoms with Crippen LogP contribution in [-0.2, 0) is 10.1 Å². The van der Waals surface area contributed by atoms with Gasteiger partial charge in [-0.15, -0.1) is 0 Å². The number of hydrogen-bond donors (Lipinski definition) is 0. The van der Waals surface area contributed by atoms with Crippen LogP contribution in [0.2, 0.25) is 0 Å². The van der Waals surface area contributed by atoms with Crippen molar-refractivity contribution < 1.29 is 4.74 Å². The fraction of sp³-hybridized carbons (Fsp3) is 0.571. The van der Waals surface area contributed by atoms with Gasteiger partial charge in [-0.05, 0) is 17.5 Å². The topological polar surface area (TPSA) is 9.23 Å². The van der Waals surface area contributed by atoms with E-state index in [2.05, 4.69) is 47.1 Å². The second-order valence-corrected chi connectivity index (χ2v) is 4.66. The second kappa shape index (κ2) is 7.86. The minimum Gasteiger partial charge on any atom is -0.377 e. The monoisotopic (exact) mass is 284 g/mol. The van der Waals surface area contributed by atoms with Gasteiger partial charge in [-0.1, -0.05) is 66.4 Å². The lowest BCUT2D eigenvalue weighted by atomic mass is 10.0. The van der Waals surface area contributed by atoms with Crippen LogP contribution >= 0.6 is 15.9 Å². The molecule has 90 valence electrons. The van der Waals surface area contributed by atoms with Gasteiger partial charge < -0.3 is 4.74 Å². The Hall–Kier alpha value is -0.340. The van der Waals surface area contributed by atoms with Gasteiger partial charge in [-0.2, -0.15) is 0 Å². The molecule has 2 heteroatoms. The van der Waals surface area contributed by atoms with Crippen LogP contribution in [0.1, 0.15) is 49.8 Å². The highest BCUT2D eigenvalue weighted by Gasteiger charge is 2.09. The standard InChI is InChI=1S/C14H21BrO/c1-3-4-5-6-14(16-2)13-9-7-12(11-15)8-10-13/h7-10,14H,3-6,11H2,1-2H3. The SMILES string of the molecule is CCCCCC(OC)c1ccc(CBr)cc1. The van der Waals surface area contributed by atoms with Gasteiger partial charge in [0.2, 0.25) is 0 Å². The third kappa shape index (κ3) is 4.26. The Balaban J connectivity index is 2.56. The maximum atomic E-state index is 5.54. The molecule has 1 unspecified atom stereocenters. The highest BCUT2D eigenvalue weighted by Crippen LogP contribution is 2.23. The minimum atomic E-state index is 0.260. The molecule has 0 spiro atoms. The number of benzene rings is 1. The summed E-state index contributed by atoms with van der Waals surface area (Å²) >= 11 is 3.46. The van der Waals surface area contributed by atoms with E-state index in [9.17, 15) is 0 Å². The molecule has 0 bridgehead atoms. The first kappa shape index (κ1) is 13.7. The maximum Gasteiger partial charge on any atom is 0.0821 e. The van der Waals surface area contributed by atoms with E-state index in [4.69, 9.17) is 4.74 Å². The van der Waals surface area contributed by atoms with Gasteiger partial charge in [0.15, 0.2) is 0 Å². The van der Waals surface area contributed by atoms with Crippen LogP contribution in [0.5, 0.6) is 0 Å². The zero-order valence-corrected chi connectivity index (χ0v) is 11.8. The summed E-state index contributed by atoms with van der Waals surface area (Å²) in [6.45, 7) is 2.23. The first-order valence-corrected chi connectivity index (χ1v) is 7.11. The van der Waals surface area contributed by atoms with Gasteiger partial charge >= 0.3 is 0 Å². The second-order valence-electron chi connectivity index (χ2n) is 4.10. The lowest BCUT2D eigenvalue weighted by Crippen LogP contribution is -2.01. The van der Waals surface area contributed by atoms with E-state index in [1.165, 1.54) is 30.4 Å². The average Bonchev–Trinajstić information content (AvgIpc) is 2.35. The fourth-order valence-corrected chi connectivity index (χ4v) is 2.20. The minimum absolute atomic E-state index is 0.260. The van der Waals surface area contributed by atoms with Crippen molar-refractivity contribution in [2.24, 2.45) is 0 Å². The van der Waals surface area contributed by atoms with Crippen molar-refractivity contribution in [1.29, 1.82) is 0 Å². The molecular weight excluding hydrogens is 264 g/mol. The molecule has 1 nitrogen and oxygen atoms in total. The largest absolute Gasteiger partial charge is 0.377 e. The van der Waals surface area contributed by atoms with Crippen molar-refractivity contribution in [2.45, 2.75) is 44.0 Å². The Kier molecular flexibility index (Phi) is 6.74. The predicted octanol–water partition coefficient (Wildman–Crippen LogP) is 4.85. The molecule has 0 heterocycles. The van der Waals surface area contributed by atoms with Crippen molar-refractivity contribution in [3.63, 3.8) is 0 Å². The zero-order valence-electron chi connectivity index (χ0n) is 10.2. The maximum absolute atomic E-state index is 5.54.